The molecule has 1 aliphatic rings. The Morgan fingerprint density at radius 2 is 1.83 bits per heavy atom. The molecular formula is C20H24FN2O+. The van der Waals surface area contributed by atoms with E-state index in [-0.39, 0.29) is 11.7 Å². The van der Waals surface area contributed by atoms with Gasteiger partial charge in [-0.2, -0.15) is 0 Å². The van der Waals surface area contributed by atoms with Crippen LogP contribution in [0.25, 0.3) is 0 Å². The molecule has 0 aliphatic heterocycles. The van der Waals surface area contributed by atoms with Crippen molar-refractivity contribution in [2.75, 3.05) is 11.9 Å². The predicted molar refractivity (Wildman–Crippen MR) is 93.5 cm³/mol. The molecule has 0 aromatic heterocycles. The minimum atomic E-state index is -0.189. The Labute approximate surface area is 142 Å². The molecule has 0 spiro atoms. The lowest BCUT2D eigenvalue weighted by atomic mass is 10.1. The minimum absolute atomic E-state index is 0.0155. The predicted octanol–water partition coefficient (Wildman–Crippen LogP) is 2.63. The second-order valence-electron chi connectivity index (χ2n) is 6.80. The summed E-state index contributed by atoms with van der Waals surface area (Å²) in [6.45, 7) is 4.95. The Morgan fingerprint density at radius 1 is 1.17 bits per heavy atom. The summed E-state index contributed by atoms with van der Waals surface area (Å²) in [7, 11) is 0. The summed E-state index contributed by atoms with van der Waals surface area (Å²) < 4.78 is 13.9. The van der Waals surface area contributed by atoms with Crippen LogP contribution in [0.2, 0.25) is 0 Å². The van der Waals surface area contributed by atoms with Gasteiger partial charge in [0.2, 0.25) is 0 Å². The van der Waals surface area contributed by atoms with Crippen molar-refractivity contribution in [3.63, 3.8) is 0 Å². The van der Waals surface area contributed by atoms with Crippen molar-refractivity contribution in [3.05, 3.63) is 65.0 Å². The number of carbonyl (C=O) groups is 1. The normalized spacial score (nSPS) is 15.1. The average Bonchev–Trinajstić information content (AvgIpc) is 3.32. The van der Waals surface area contributed by atoms with Gasteiger partial charge in [-0.05, 0) is 43.2 Å². The number of hydrogen-bond donors (Lipinski definition) is 2. The van der Waals surface area contributed by atoms with Crippen LogP contribution in [0.15, 0.2) is 42.5 Å². The van der Waals surface area contributed by atoms with Crippen molar-refractivity contribution in [1.29, 1.82) is 0 Å². The van der Waals surface area contributed by atoms with Gasteiger partial charge < -0.3 is 10.2 Å². The topological polar surface area (TPSA) is 33.5 Å². The SMILES string of the molecule is Cc1cc(C)cc(NC(=O)C[NH+](Cc2ccccc2F)C2CC2)c1. The zero-order valence-corrected chi connectivity index (χ0v) is 14.2. The number of nitrogens with one attached hydrogen (secondary N) is 2. The van der Waals surface area contributed by atoms with E-state index in [4.69, 9.17) is 0 Å². The third kappa shape index (κ3) is 4.42. The van der Waals surface area contributed by atoms with E-state index in [2.05, 4.69) is 11.4 Å². The van der Waals surface area contributed by atoms with Crippen molar-refractivity contribution in [3.8, 4) is 0 Å². The van der Waals surface area contributed by atoms with E-state index < -0.39 is 0 Å². The lowest BCUT2D eigenvalue weighted by Gasteiger charge is -2.19. The van der Waals surface area contributed by atoms with Crippen LogP contribution in [0.3, 0.4) is 0 Å². The molecule has 1 atom stereocenters. The molecule has 0 radical (unpaired) electrons. The van der Waals surface area contributed by atoms with Crippen LogP contribution in [-0.4, -0.2) is 18.5 Å². The molecule has 1 fully saturated rings. The monoisotopic (exact) mass is 327 g/mol. The molecule has 0 saturated heterocycles. The van der Waals surface area contributed by atoms with Gasteiger partial charge >= 0.3 is 0 Å². The van der Waals surface area contributed by atoms with Crippen molar-refractivity contribution >= 4 is 11.6 Å². The number of anilines is 1. The molecule has 2 N–H and O–H groups in total. The van der Waals surface area contributed by atoms with Gasteiger partial charge in [-0.1, -0.05) is 24.3 Å². The first-order valence-electron chi connectivity index (χ1n) is 8.47. The highest BCUT2D eigenvalue weighted by Crippen LogP contribution is 2.17. The fourth-order valence-electron chi connectivity index (χ4n) is 3.19. The molecule has 24 heavy (non-hydrogen) atoms. The molecule has 3 nitrogen and oxygen atoms in total. The largest absolute Gasteiger partial charge is 0.321 e. The van der Waals surface area contributed by atoms with Gasteiger partial charge in [0, 0.05) is 24.1 Å². The number of aryl methyl sites for hydroxylation is 2. The van der Waals surface area contributed by atoms with Crippen LogP contribution in [0.5, 0.6) is 0 Å². The van der Waals surface area contributed by atoms with E-state index >= 15 is 0 Å². The first-order valence-corrected chi connectivity index (χ1v) is 8.47. The average molecular weight is 327 g/mol. The maximum Gasteiger partial charge on any atom is 0.279 e. The summed E-state index contributed by atoms with van der Waals surface area (Å²) >= 11 is 0. The minimum Gasteiger partial charge on any atom is -0.321 e. The van der Waals surface area contributed by atoms with Crippen LogP contribution in [0.4, 0.5) is 10.1 Å². The third-order valence-corrected chi connectivity index (χ3v) is 4.42. The molecule has 3 rings (SSSR count). The van der Waals surface area contributed by atoms with Gasteiger partial charge in [-0.3, -0.25) is 4.79 Å². The number of halogens is 1. The summed E-state index contributed by atoms with van der Waals surface area (Å²) in [6.07, 6.45) is 2.22. The van der Waals surface area contributed by atoms with Crippen molar-refractivity contribution in [2.24, 2.45) is 0 Å². The standard InChI is InChI=1S/C20H23FN2O/c1-14-9-15(2)11-17(10-14)22-20(24)13-23(18-7-8-18)12-16-5-3-4-6-19(16)21/h3-6,9-11,18H,7-8,12-13H2,1-2H3,(H,22,24)/p+1. The fourth-order valence-corrected chi connectivity index (χ4v) is 3.19. The zero-order valence-electron chi connectivity index (χ0n) is 14.2. The zero-order chi connectivity index (χ0) is 17.1. The highest BCUT2D eigenvalue weighted by atomic mass is 19.1. The Kier molecular flexibility index (Phi) is 4.95. The summed E-state index contributed by atoms with van der Waals surface area (Å²) in [6, 6.07) is 13.3. The molecule has 2 aromatic carbocycles. The smallest absolute Gasteiger partial charge is 0.279 e. The molecule has 0 heterocycles. The van der Waals surface area contributed by atoms with E-state index in [1.54, 1.807) is 12.1 Å². The number of carbonyl (C=O) groups excluding carboxylic acids is 1. The molecule has 1 aliphatic carbocycles. The molecule has 0 bridgehead atoms. The van der Waals surface area contributed by atoms with Gasteiger partial charge in [0.1, 0.15) is 12.4 Å². The van der Waals surface area contributed by atoms with Crippen LogP contribution >= 0.6 is 0 Å². The maximum atomic E-state index is 13.9. The van der Waals surface area contributed by atoms with Crippen LogP contribution in [0, 0.1) is 19.7 Å². The first-order chi connectivity index (χ1) is 11.5. The highest BCUT2D eigenvalue weighted by Gasteiger charge is 2.35. The number of hydrogen-bond acceptors (Lipinski definition) is 1. The van der Waals surface area contributed by atoms with E-state index in [1.165, 1.54) is 6.07 Å². The number of amides is 1. The first kappa shape index (κ1) is 16.7. The van der Waals surface area contributed by atoms with Gasteiger partial charge in [0.25, 0.3) is 5.91 Å². The molecular weight excluding hydrogens is 303 g/mol. The number of quaternary nitrogens is 1. The Bertz CT molecular complexity index is 720. The molecule has 4 heteroatoms. The van der Waals surface area contributed by atoms with Gasteiger partial charge in [-0.15, -0.1) is 0 Å². The molecule has 1 saturated carbocycles. The van der Waals surface area contributed by atoms with Crippen molar-refractivity contribution in [2.45, 2.75) is 39.3 Å². The second-order valence-corrected chi connectivity index (χ2v) is 6.80. The van der Waals surface area contributed by atoms with Crippen LogP contribution < -0.4 is 10.2 Å². The maximum absolute atomic E-state index is 13.9. The highest BCUT2D eigenvalue weighted by molar-refractivity contribution is 5.91. The molecule has 2 aromatic rings. The molecule has 1 unspecified atom stereocenters. The fraction of sp³-hybridized carbons (Fsp3) is 0.350. The Balaban J connectivity index is 1.65. The number of benzene rings is 2. The lowest BCUT2D eigenvalue weighted by molar-refractivity contribution is -0.917. The summed E-state index contributed by atoms with van der Waals surface area (Å²) in [4.78, 5) is 13.6. The third-order valence-electron chi connectivity index (χ3n) is 4.42. The Morgan fingerprint density at radius 3 is 2.46 bits per heavy atom. The van der Waals surface area contributed by atoms with E-state index in [1.807, 2.05) is 32.0 Å². The van der Waals surface area contributed by atoms with E-state index in [0.29, 0.717) is 24.7 Å². The van der Waals surface area contributed by atoms with Crippen molar-refractivity contribution in [1.82, 2.24) is 0 Å². The van der Waals surface area contributed by atoms with E-state index in [0.717, 1.165) is 34.6 Å². The van der Waals surface area contributed by atoms with Gasteiger partial charge in [-0.25, -0.2) is 4.39 Å². The molecule has 126 valence electrons. The van der Waals surface area contributed by atoms with E-state index in [9.17, 15) is 9.18 Å². The van der Waals surface area contributed by atoms with Crippen LogP contribution in [0.1, 0.15) is 29.5 Å². The van der Waals surface area contributed by atoms with Gasteiger partial charge in [0.05, 0.1) is 6.04 Å². The molecule has 1 amide bonds. The quantitative estimate of drug-likeness (QED) is 0.840. The lowest BCUT2D eigenvalue weighted by Crippen LogP contribution is -3.13. The van der Waals surface area contributed by atoms with Crippen LogP contribution in [-0.2, 0) is 11.3 Å². The second kappa shape index (κ2) is 7.14. The van der Waals surface area contributed by atoms with Gasteiger partial charge in [0.15, 0.2) is 6.54 Å². The Hall–Kier alpha value is -2.20. The summed E-state index contributed by atoms with van der Waals surface area (Å²) in [5.74, 6) is -0.205. The summed E-state index contributed by atoms with van der Waals surface area (Å²) in [5, 5.41) is 2.98. The summed E-state index contributed by atoms with van der Waals surface area (Å²) in [5.41, 5.74) is 3.77. The van der Waals surface area contributed by atoms with Crippen molar-refractivity contribution < 1.29 is 14.1 Å². The number of rotatable bonds is 6.